The van der Waals surface area contributed by atoms with E-state index in [0.29, 0.717) is 62.1 Å². The van der Waals surface area contributed by atoms with Crippen LogP contribution in [0.4, 0.5) is 26.4 Å². The summed E-state index contributed by atoms with van der Waals surface area (Å²) in [5.41, 5.74) is 1.86. The monoisotopic (exact) mass is 473 g/mol. The van der Waals surface area contributed by atoms with Crippen LogP contribution in [0.25, 0.3) is 0 Å². The van der Waals surface area contributed by atoms with E-state index in [1.54, 1.807) is 11.0 Å². The minimum atomic E-state index is -0.356. The van der Waals surface area contributed by atoms with Gasteiger partial charge in [-0.25, -0.2) is 19.2 Å². The van der Waals surface area contributed by atoms with Gasteiger partial charge in [-0.3, -0.25) is 0 Å². The van der Waals surface area contributed by atoms with Crippen molar-refractivity contribution in [2.45, 2.75) is 45.8 Å². The summed E-state index contributed by atoms with van der Waals surface area (Å²) in [6.07, 6.45) is 2.25. The van der Waals surface area contributed by atoms with Crippen molar-refractivity contribution in [1.82, 2.24) is 14.9 Å². The number of benzene rings is 1. The number of piperidine rings is 1. The first-order chi connectivity index (χ1) is 16.4. The standard InChI is InChI=1S/C24H32FN5O4/c1-16(2)33-24(31)30-8-6-19(7-9-30)34-23-17(3)22(26-15-27-23)28-21-5-4-18(14-20(21)25)29-10-12-32-13-11-29/h4-5,14-16,19H,6-13H2,1-3H3,(H,26,27,28). The Bertz CT molecular complexity index is 991. The van der Waals surface area contributed by atoms with Crippen LogP contribution in [-0.4, -0.2) is 72.6 Å². The summed E-state index contributed by atoms with van der Waals surface area (Å²) in [7, 11) is 0. The van der Waals surface area contributed by atoms with Crippen molar-refractivity contribution in [3.05, 3.63) is 35.9 Å². The molecule has 184 valence electrons. The Morgan fingerprint density at radius 3 is 2.59 bits per heavy atom. The average Bonchev–Trinajstić information content (AvgIpc) is 2.83. The van der Waals surface area contributed by atoms with Gasteiger partial charge in [0.25, 0.3) is 0 Å². The molecule has 34 heavy (non-hydrogen) atoms. The lowest BCUT2D eigenvalue weighted by Gasteiger charge is -2.32. The molecule has 2 fully saturated rings. The minimum Gasteiger partial charge on any atom is -0.474 e. The van der Waals surface area contributed by atoms with E-state index >= 15 is 0 Å². The normalized spacial score (nSPS) is 17.1. The van der Waals surface area contributed by atoms with E-state index in [9.17, 15) is 9.18 Å². The zero-order valence-corrected chi connectivity index (χ0v) is 19.9. The number of carbonyl (C=O) groups is 1. The highest BCUT2D eigenvalue weighted by atomic mass is 19.1. The second-order valence-corrected chi connectivity index (χ2v) is 8.78. The molecule has 1 aromatic heterocycles. The third-order valence-electron chi connectivity index (χ3n) is 5.93. The number of nitrogens with one attached hydrogen (secondary N) is 1. The van der Waals surface area contributed by atoms with Crippen LogP contribution >= 0.6 is 0 Å². The quantitative estimate of drug-likeness (QED) is 0.676. The summed E-state index contributed by atoms with van der Waals surface area (Å²) in [4.78, 5) is 24.4. The summed E-state index contributed by atoms with van der Waals surface area (Å²) in [6.45, 7) is 9.41. The number of aromatic nitrogens is 2. The van der Waals surface area contributed by atoms with Crippen LogP contribution in [0, 0.1) is 12.7 Å². The van der Waals surface area contributed by atoms with Crippen LogP contribution in [0.1, 0.15) is 32.3 Å². The van der Waals surface area contributed by atoms with Crippen LogP contribution in [-0.2, 0) is 9.47 Å². The van der Waals surface area contributed by atoms with Crippen LogP contribution in [0.5, 0.6) is 5.88 Å². The predicted molar refractivity (Wildman–Crippen MR) is 126 cm³/mol. The van der Waals surface area contributed by atoms with E-state index in [1.165, 1.54) is 12.4 Å². The fourth-order valence-electron chi connectivity index (χ4n) is 4.02. The number of nitrogens with zero attached hydrogens (tertiary/aromatic N) is 4. The van der Waals surface area contributed by atoms with Crippen molar-refractivity contribution >= 4 is 23.3 Å². The van der Waals surface area contributed by atoms with Gasteiger partial charge < -0.3 is 29.3 Å². The third kappa shape index (κ3) is 5.85. The number of halogens is 1. The van der Waals surface area contributed by atoms with Gasteiger partial charge in [0.1, 0.15) is 24.1 Å². The summed E-state index contributed by atoms with van der Waals surface area (Å²) in [5.74, 6) is 0.581. The number of anilines is 3. The van der Waals surface area contributed by atoms with Crippen molar-refractivity contribution in [1.29, 1.82) is 0 Å². The van der Waals surface area contributed by atoms with Crippen molar-refractivity contribution in [2.75, 3.05) is 49.6 Å². The molecular formula is C24H32FN5O4. The first-order valence-electron chi connectivity index (χ1n) is 11.7. The second kappa shape index (κ2) is 10.9. The number of hydrogen-bond acceptors (Lipinski definition) is 8. The number of ether oxygens (including phenoxy) is 3. The SMILES string of the molecule is Cc1c(Nc2ccc(N3CCOCC3)cc2F)ncnc1OC1CCN(C(=O)OC(C)C)CC1. The number of morpholine rings is 1. The first-order valence-corrected chi connectivity index (χ1v) is 11.7. The van der Waals surface area contributed by atoms with Crippen LogP contribution in [0.3, 0.4) is 0 Å². The number of likely N-dealkylation sites (tertiary alicyclic amines) is 1. The molecule has 4 rings (SSSR count). The molecule has 2 aromatic rings. The maximum atomic E-state index is 14.8. The average molecular weight is 474 g/mol. The van der Waals surface area contributed by atoms with Crippen molar-refractivity contribution in [3.63, 3.8) is 0 Å². The molecule has 1 aromatic carbocycles. The maximum Gasteiger partial charge on any atom is 0.410 e. The van der Waals surface area contributed by atoms with Gasteiger partial charge in [-0.2, -0.15) is 0 Å². The largest absolute Gasteiger partial charge is 0.474 e. The number of amides is 1. The lowest BCUT2D eigenvalue weighted by atomic mass is 10.1. The molecule has 2 aliphatic heterocycles. The highest BCUT2D eigenvalue weighted by Gasteiger charge is 2.26. The van der Waals surface area contributed by atoms with Crippen LogP contribution in [0.2, 0.25) is 0 Å². The molecule has 0 radical (unpaired) electrons. The summed E-state index contributed by atoms with van der Waals surface area (Å²) < 4.78 is 31.6. The lowest BCUT2D eigenvalue weighted by molar-refractivity contribution is 0.0505. The molecule has 1 N–H and O–H groups in total. The number of rotatable bonds is 6. The van der Waals surface area contributed by atoms with Gasteiger partial charge in [-0.15, -0.1) is 0 Å². The maximum absolute atomic E-state index is 14.8. The van der Waals surface area contributed by atoms with Crippen LogP contribution < -0.4 is 15.0 Å². The molecule has 0 unspecified atom stereocenters. The second-order valence-electron chi connectivity index (χ2n) is 8.78. The zero-order valence-electron chi connectivity index (χ0n) is 19.9. The highest BCUT2D eigenvalue weighted by Crippen LogP contribution is 2.29. The van der Waals surface area contributed by atoms with Crippen molar-refractivity contribution in [2.24, 2.45) is 0 Å². The molecule has 0 aliphatic carbocycles. The molecule has 10 heteroatoms. The van der Waals surface area contributed by atoms with Crippen molar-refractivity contribution < 1.29 is 23.4 Å². The van der Waals surface area contributed by atoms with E-state index in [0.717, 1.165) is 18.8 Å². The van der Waals surface area contributed by atoms with E-state index in [-0.39, 0.29) is 24.1 Å². The Labute approximate surface area is 199 Å². The fourth-order valence-corrected chi connectivity index (χ4v) is 4.02. The highest BCUT2D eigenvalue weighted by molar-refractivity contribution is 5.68. The molecule has 1 amide bonds. The van der Waals surface area contributed by atoms with E-state index in [4.69, 9.17) is 14.2 Å². The van der Waals surface area contributed by atoms with Gasteiger partial charge in [0, 0.05) is 44.7 Å². The third-order valence-corrected chi connectivity index (χ3v) is 5.93. The molecule has 0 bridgehead atoms. The van der Waals surface area contributed by atoms with Gasteiger partial charge in [0.2, 0.25) is 5.88 Å². The summed E-state index contributed by atoms with van der Waals surface area (Å²) in [5, 5.41) is 3.07. The Hall–Kier alpha value is -3.14. The first kappa shape index (κ1) is 24.0. The van der Waals surface area contributed by atoms with E-state index in [1.807, 2.05) is 26.8 Å². The number of carbonyl (C=O) groups excluding carboxylic acids is 1. The molecular weight excluding hydrogens is 441 g/mol. The Morgan fingerprint density at radius 1 is 1.18 bits per heavy atom. The minimum absolute atomic E-state index is 0.0749. The topological polar surface area (TPSA) is 89.1 Å². The summed E-state index contributed by atoms with van der Waals surface area (Å²) >= 11 is 0. The van der Waals surface area contributed by atoms with Crippen LogP contribution in [0.15, 0.2) is 24.5 Å². The molecule has 9 nitrogen and oxygen atoms in total. The summed E-state index contributed by atoms with van der Waals surface area (Å²) in [6, 6.07) is 5.14. The van der Waals surface area contributed by atoms with E-state index < -0.39 is 0 Å². The van der Waals surface area contributed by atoms with Gasteiger partial charge in [0.05, 0.1) is 30.6 Å². The molecule has 2 saturated heterocycles. The Balaban J connectivity index is 1.37. The molecule has 0 saturated carbocycles. The smallest absolute Gasteiger partial charge is 0.410 e. The Kier molecular flexibility index (Phi) is 7.66. The Morgan fingerprint density at radius 2 is 1.91 bits per heavy atom. The lowest BCUT2D eigenvalue weighted by Crippen LogP contribution is -2.42. The van der Waals surface area contributed by atoms with E-state index in [2.05, 4.69) is 20.2 Å². The molecule has 0 spiro atoms. The van der Waals surface area contributed by atoms with Gasteiger partial charge in [-0.1, -0.05) is 0 Å². The van der Waals surface area contributed by atoms with Gasteiger partial charge >= 0.3 is 6.09 Å². The molecule has 2 aliphatic rings. The van der Waals surface area contributed by atoms with Gasteiger partial charge in [0.15, 0.2) is 0 Å². The zero-order chi connectivity index (χ0) is 24.1. The predicted octanol–water partition coefficient (Wildman–Crippen LogP) is 3.89. The number of hydrogen-bond donors (Lipinski definition) is 1. The molecule has 3 heterocycles. The fraction of sp³-hybridized carbons (Fsp3) is 0.542. The van der Waals surface area contributed by atoms with Gasteiger partial charge in [-0.05, 0) is 39.0 Å². The van der Waals surface area contributed by atoms with Crippen molar-refractivity contribution in [3.8, 4) is 5.88 Å². The molecule has 0 atom stereocenters.